The summed E-state index contributed by atoms with van der Waals surface area (Å²) in [5, 5.41) is 17.5. The quantitative estimate of drug-likeness (QED) is 0.324. The Kier molecular flexibility index (Phi) is 14.0. The first-order valence-electron chi connectivity index (χ1n) is 9.07. The number of ether oxygens (including phenoxy) is 1. The van der Waals surface area contributed by atoms with Crippen LogP contribution in [-0.4, -0.2) is 34.7 Å². The molecule has 6 nitrogen and oxygen atoms in total. The van der Waals surface area contributed by atoms with Crippen molar-refractivity contribution in [2.45, 2.75) is 84.0 Å². The van der Waals surface area contributed by atoms with Crippen molar-refractivity contribution in [3.63, 3.8) is 0 Å². The Hall–Kier alpha value is -1.59. The monoisotopic (exact) mass is 344 g/mol. The van der Waals surface area contributed by atoms with Crippen LogP contribution in [0.15, 0.2) is 0 Å². The third-order valence-electron chi connectivity index (χ3n) is 3.94. The summed E-state index contributed by atoms with van der Waals surface area (Å²) < 4.78 is 4.98. The van der Waals surface area contributed by atoms with Crippen molar-refractivity contribution >= 4 is 17.9 Å². The van der Waals surface area contributed by atoms with Crippen LogP contribution < -0.4 is 0 Å². The average Bonchev–Trinajstić information content (AvgIpc) is 2.51. The lowest BCUT2D eigenvalue weighted by atomic mass is 10.0. The summed E-state index contributed by atoms with van der Waals surface area (Å²) in [5.41, 5.74) is 0. The SMILES string of the molecule is CCCCCCCCCCCCOC(=O)CC(CC(=O)O)C(=O)O. The van der Waals surface area contributed by atoms with Crippen molar-refractivity contribution in [3.05, 3.63) is 0 Å². The number of carboxylic acids is 2. The van der Waals surface area contributed by atoms with Gasteiger partial charge in [-0.15, -0.1) is 0 Å². The molecule has 1 atom stereocenters. The Morgan fingerprint density at radius 1 is 0.792 bits per heavy atom. The van der Waals surface area contributed by atoms with Crippen LogP contribution in [0.3, 0.4) is 0 Å². The minimum Gasteiger partial charge on any atom is -0.481 e. The zero-order valence-electron chi connectivity index (χ0n) is 14.8. The second-order valence-corrected chi connectivity index (χ2v) is 6.24. The van der Waals surface area contributed by atoms with E-state index in [0.29, 0.717) is 0 Å². The predicted molar refractivity (Wildman–Crippen MR) is 90.8 cm³/mol. The molecule has 0 aliphatic heterocycles. The molecule has 0 saturated carbocycles. The van der Waals surface area contributed by atoms with E-state index in [-0.39, 0.29) is 13.0 Å². The molecule has 1 unspecified atom stereocenters. The maximum absolute atomic E-state index is 11.5. The molecular formula is C18H32O6. The van der Waals surface area contributed by atoms with Gasteiger partial charge < -0.3 is 14.9 Å². The van der Waals surface area contributed by atoms with Crippen molar-refractivity contribution < 1.29 is 29.3 Å². The number of carbonyl (C=O) groups is 3. The largest absolute Gasteiger partial charge is 0.481 e. The van der Waals surface area contributed by atoms with Crippen LogP contribution in [0, 0.1) is 5.92 Å². The molecular weight excluding hydrogens is 312 g/mol. The van der Waals surface area contributed by atoms with E-state index in [4.69, 9.17) is 14.9 Å². The molecule has 0 saturated heterocycles. The normalized spacial score (nSPS) is 11.9. The summed E-state index contributed by atoms with van der Waals surface area (Å²) in [5.74, 6) is -4.37. The third-order valence-corrected chi connectivity index (χ3v) is 3.94. The van der Waals surface area contributed by atoms with Crippen LogP contribution in [-0.2, 0) is 19.1 Å². The van der Waals surface area contributed by atoms with Crippen LogP contribution in [0.2, 0.25) is 0 Å². The highest BCUT2D eigenvalue weighted by Gasteiger charge is 2.24. The smallest absolute Gasteiger partial charge is 0.307 e. The molecule has 0 fully saturated rings. The van der Waals surface area contributed by atoms with Gasteiger partial charge in [-0.1, -0.05) is 64.7 Å². The molecule has 0 aliphatic rings. The molecule has 24 heavy (non-hydrogen) atoms. The molecule has 0 bridgehead atoms. The lowest BCUT2D eigenvalue weighted by molar-refractivity contribution is -0.154. The van der Waals surface area contributed by atoms with Crippen LogP contribution in [0.1, 0.15) is 84.0 Å². The summed E-state index contributed by atoms with van der Waals surface area (Å²) in [6, 6.07) is 0. The number of hydrogen-bond acceptors (Lipinski definition) is 4. The standard InChI is InChI=1S/C18H32O6/c1-2-3-4-5-6-7-8-9-10-11-12-24-17(21)14-15(18(22)23)13-16(19)20/h15H,2-14H2,1H3,(H,19,20)(H,22,23). The van der Waals surface area contributed by atoms with Gasteiger partial charge in [-0.3, -0.25) is 14.4 Å². The van der Waals surface area contributed by atoms with Gasteiger partial charge in [0.25, 0.3) is 0 Å². The summed E-state index contributed by atoms with van der Waals surface area (Å²) in [4.78, 5) is 32.9. The number of rotatable bonds is 16. The molecule has 140 valence electrons. The van der Waals surface area contributed by atoms with Gasteiger partial charge in [0, 0.05) is 0 Å². The molecule has 0 amide bonds. The number of aliphatic carboxylic acids is 2. The van der Waals surface area contributed by atoms with Gasteiger partial charge in [0.15, 0.2) is 0 Å². The van der Waals surface area contributed by atoms with E-state index in [1.165, 1.54) is 44.9 Å². The van der Waals surface area contributed by atoms with Gasteiger partial charge in [0.2, 0.25) is 0 Å². The maximum atomic E-state index is 11.5. The molecule has 0 heterocycles. The van der Waals surface area contributed by atoms with Crippen molar-refractivity contribution in [2.24, 2.45) is 5.92 Å². The zero-order valence-corrected chi connectivity index (χ0v) is 14.8. The Bertz CT molecular complexity index is 367. The average molecular weight is 344 g/mol. The highest BCUT2D eigenvalue weighted by molar-refractivity contribution is 5.82. The minimum atomic E-state index is -1.28. The molecule has 0 aromatic rings. The van der Waals surface area contributed by atoms with Crippen molar-refractivity contribution in [1.82, 2.24) is 0 Å². The van der Waals surface area contributed by atoms with Gasteiger partial charge in [-0.05, 0) is 6.42 Å². The molecule has 0 aliphatic carbocycles. The van der Waals surface area contributed by atoms with Crippen LogP contribution in [0.25, 0.3) is 0 Å². The highest BCUT2D eigenvalue weighted by atomic mass is 16.5. The molecule has 6 heteroatoms. The van der Waals surface area contributed by atoms with Gasteiger partial charge >= 0.3 is 17.9 Å². The van der Waals surface area contributed by atoms with E-state index in [9.17, 15) is 14.4 Å². The first-order chi connectivity index (χ1) is 11.5. The zero-order chi connectivity index (χ0) is 18.2. The minimum absolute atomic E-state index is 0.273. The molecule has 0 spiro atoms. The van der Waals surface area contributed by atoms with Crippen molar-refractivity contribution in [2.75, 3.05) is 6.61 Å². The second kappa shape index (κ2) is 15.0. The fourth-order valence-electron chi connectivity index (χ4n) is 2.49. The Balaban J connectivity index is 3.54. The van der Waals surface area contributed by atoms with E-state index in [2.05, 4.69) is 6.92 Å². The number of esters is 1. The molecule has 0 rings (SSSR count). The van der Waals surface area contributed by atoms with Gasteiger partial charge in [0.05, 0.1) is 25.4 Å². The van der Waals surface area contributed by atoms with Gasteiger partial charge in [-0.25, -0.2) is 0 Å². The molecule has 2 N–H and O–H groups in total. The van der Waals surface area contributed by atoms with Crippen LogP contribution in [0.4, 0.5) is 0 Å². The summed E-state index contributed by atoms with van der Waals surface area (Å²) in [6.45, 7) is 2.48. The fourth-order valence-corrected chi connectivity index (χ4v) is 2.49. The summed E-state index contributed by atoms with van der Waals surface area (Å²) in [6.07, 6.45) is 10.9. The third kappa shape index (κ3) is 14.0. The lowest BCUT2D eigenvalue weighted by Crippen LogP contribution is -2.22. The first-order valence-corrected chi connectivity index (χ1v) is 9.07. The molecule has 0 aromatic carbocycles. The van der Waals surface area contributed by atoms with E-state index in [1.54, 1.807) is 0 Å². The molecule has 0 radical (unpaired) electrons. The maximum Gasteiger partial charge on any atom is 0.307 e. The van der Waals surface area contributed by atoms with Crippen molar-refractivity contribution in [3.8, 4) is 0 Å². The first kappa shape index (κ1) is 22.4. The molecule has 0 aromatic heterocycles. The number of hydrogen-bond donors (Lipinski definition) is 2. The van der Waals surface area contributed by atoms with E-state index < -0.39 is 30.2 Å². The summed E-state index contributed by atoms with van der Waals surface area (Å²) >= 11 is 0. The van der Waals surface area contributed by atoms with E-state index >= 15 is 0 Å². The Labute approximate surface area is 144 Å². The fraction of sp³-hybridized carbons (Fsp3) is 0.833. The summed E-state index contributed by atoms with van der Waals surface area (Å²) in [7, 11) is 0. The van der Waals surface area contributed by atoms with E-state index in [1.807, 2.05) is 0 Å². The highest BCUT2D eigenvalue weighted by Crippen LogP contribution is 2.12. The van der Waals surface area contributed by atoms with Gasteiger partial charge in [-0.2, -0.15) is 0 Å². The second-order valence-electron chi connectivity index (χ2n) is 6.24. The van der Waals surface area contributed by atoms with Crippen molar-refractivity contribution in [1.29, 1.82) is 0 Å². The number of carboxylic acid groups (broad SMARTS) is 2. The van der Waals surface area contributed by atoms with Crippen LogP contribution >= 0.6 is 0 Å². The topological polar surface area (TPSA) is 101 Å². The van der Waals surface area contributed by atoms with Crippen LogP contribution in [0.5, 0.6) is 0 Å². The Morgan fingerprint density at radius 3 is 1.75 bits per heavy atom. The van der Waals surface area contributed by atoms with E-state index in [0.717, 1.165) is 19.3 Å². The predicted octanol–water partition coefficient (Wildman–Crippen LogP) is 4.02. The lowest BCUT2D eigenvalue weighted by Gasteiger charge is -2.09. The number of carbonyl (C=O) groups excluding carboxylic acids is 1. The number of unbranched alkanes of at least 4 members (excludes halogenated alkanes) is 9. The Morgan fingerprint density at radius 2 is 1.29 bits per heavy atom. The van der Waals surface area contributed by atoms with Gasteiger partial charge in [0.1, 0.15) is 0 Å².